The molecule has 1 aliphatic carbocycles. The highest BCUT2D eigenvalue weighted by Gasteiger charge is 2.42. The van der Waals surface area contributed by atoms with Gasteiger partial charge in [0.05, 0.1) is 24.9 Å². The van der Waals surface area contributed by atoms with Crippen LogP contribution in [0, 0.1) is 0 Å². The second-order valence-electron chi connectivity index (χ2n) is 6.06. The molecule has 0 aromatic heterocycles. The predicted octanol–water partition coefficient (Wildman–Crippen LogP) is 1.17. The summed E-state index contributed by atoms with van der Waals surface area (Å²) in [6, 6.07) is 0.634. The van der Waals surface area contributed by atoms with Crippen LogP contribution in [-0.4, -0.2) is 60.7 Å². The number of aliphatic hydroxyl groups is 1. The van der Waals surface area contributed by atoms with Crippen LogP contribution >= 0.6 is 0 Å². The predicted molar refractivity (Wildman–Crippen MR) is 68.6 cm³/mol. The minimum Gasteiger partial charge on any atom is -0.394 e. The Bertz CT molecular complexity index is 278. The van der Waals surface area contributed by atoms with Gasteiger partial charge in [-0.15, -0.1) is 0 Å². The number of hydrogen-bond donors (Lipinski definition) is 1. The van der Waals surface area contributed by atoms with Gasteiger partial charge in [-0.2, -0.15) is 0 Å². The number of nitrogens with zero attached hydrogens (tertiary/aromatic N) is 1. The van der Waals surface area contributed by atoms with Crippen LogP contribution in [0.25, 0.3) is 0 Å². The maximum atomic E-state index is 9.24. The van der Waals surface area contributed by atoms with Crippen molar-refractivity contribution in [1.82, 2.24) is 4.90 Å². The van der Waals surface area contributed by atoms with Crippen molar-refractivity contribution in [3.05, 3.63) is 0 Å². The lowest BCUT2D eigenvalue weighted by Crippen LogP contribution is -2.53. The van der Waals surface area contributed by atoms with Crippen molar-refractivity contribution < 1.29 is 14.6 Å². The van der Waals surface area contributed by atoms with E-state index in [0.717, 1.165) is 32.7 Å². The lowest BCUT2D eigenvalue weighted by Gasteiger charge is -2.45. The minimum atomic E-state index is 0.0149. The molecule has 0 radical (unpaired) electrons. The van der Waals surface area contributed by atoms with E-state index in [-0.39, 0.29) is 18.3 Å². The second-order valence-corrected chi connectivity index (χ2v) is 6.06. The van der Waals surface area contributed by atoms with Crippen molar-refractivity contribution in [2.45, 2.75) is 56.3 Å². The molecule has 3 rings (SSSR count). The summed E-state index contributed by atoms with van der Waals surface area (Å²) in [5, 5.41) is 9.24. The van der Waals surface area contributed by atoms with E-state index in [0.29, 0.717) is 6.04 Å². The molecular weight excluding hydrogens is 230 g/mol. The molecule has 0 bridgehead atoms. The summed E-state index contributed by atoms with van der Waals surface area (Å²) in [7, 11) is 0. The SMILES string of the molecule is OCC1CN(C2CCOC3(CCCC3)C2)CCO1. The molecular formula is C14H25NO3. The summed E-state index contributed by atoms with van der Waals surface area (Å²) >= 11 is 0. The van der Waals surface area contributed by atoms with E-state index < -0.39 is 0 Å². The third kappa shape index (κ3) is 2.57. The Morgan fingerprint density at radius 1 is 1.22 bits per heavy atom. The van der Waals surface area contributed by atoms with Gasteiger partial charge in [-0.25, -0.2) is 0 Å². The van der Waals surface area contributed by atoms with Crippen LogP contribution < -0.4 is 0 Å². The highest BCUT2D eigenvalue weighted by molar-refractivity contribution is 4.95. The zero-order valence-electron chi connectivity index (χ0n) is 11.1. The Labute approximate surface area is 109 Å². The van der Waals surface area contributed by atoms with E-state index in [4.69, 9.17) is 9.47 Å². The first-order valence-electron chi connectivity index (χ1n) is 7.42. The van der Waals surface area contributed by atoms with Crippen molar-refractivity contribution in [3.8, 4) is 0 Å². The molecule has 3 fully saturated rings. The highest BCUT2D eigenvalue weighted by Crippen LogP contribution is 2.41. The third-order valence-corrected chi connectivity index (χ3v) is 4.87. The van der Waals surface area contributed by atoms with E-state index in [1.807, 2.05) is 0 Å². The number of morpholine rings is 1. The Hall–Kier alpha value is -0.160. The van der Waals surface area contributed by atoms with Crippen molar-refractivity contribution in [2.75, 3.05) is 32.9 Å². The van der Waals surface area contributed by atoms with Gasteiger partial charge in [0.1, 0.15) is 0 Å². The van der Waals surface area contributed by atoms with Crippen LogP contribution in [0.2, 0.25) is 0 Å². The van der Waals surface area contributed by atoms with Crippen molar-refractivity contribution in [3.63, 3.8) is 0 Å². The van der Waals surface area contributed by atoms with Gasteiger partial charge in [0.2, 0.25) is 0 Å². The summed E-state index contributed by atoms with van der Waals surface area (Å²) in [5.74, 6) is 0. The lowest BCUT2D eigenvalue weighted by atomic mass is 9.88. The first-order chi connectivity index (χ1) is 8.81. The summed E-state index contributed by atoms with van der Waals surface area (Å²) in [6.07, 6.45) is 7.49. The first kappa shape index (κ1) is 12.9. The molecule has 0 amide bonds. The Morgan fingerprint density at radius 2 is 2.06 bits per heavy atom. The van der Waals surface area contributed by atoms with E-state index >= 15 is 0 Å². The van der Waals surface area contributed by atoms with Crippen LogP contribution in [0.15, 0.2) is 0 Å². The maximum absolute atomic E-state index is 9.24. The summed E-state index contributed by atoms with van der Waals surface area (Å²) in [6.45, 7) is 3.71. The molecule has 1 N–H and O–H groups in total. The standard InChI is InChI=1S/C14H25NO3/c16-11-13-10-15(6-8-17-13)12-3-7-18-14(9-12)4-1-2-5-14/h12-13,16H,1-11H2. The molecule has 4 heteroatoms. The average Bonchev–Trinajstić information content (AvgIpc) is 2.87. The van der Waals surface area contributed by atoms with Gasteiger partial charge in [-0.1, -0.05) is 12.8 Å². The Kier molecular flexibility index (Phi) is 3.89. The number of aliphatic hydroxyl groups excluding tert-OH is 1. The molecule has 18 heavy (non-hydrogen) atoms. The van der Waals surface area contributed by atoms with Gasteiger partial charge in [0, 0.05) is 25.7 Å². The number of ether oxygens (including phenoxy) is 2. The fourth-order valence-corrected chi connectivity index (χ4v) is 3.87. The largest absolute Gasteiger partial charge is 0.394 e. The van der Waals surface area contributed by atoms with Crippen LogP contribution in [0.1, 0.15) is 38.5 Å². The van der Waals surface area contributed by atoms with Gasteiger partial charge in [0.15, 0.2) is 0 Å². The summed E-state index contributed by atoms with van der Waals surface area (Å²) in [4.78, 5) is 2.52. The number of hydrogen-bond acceptors (Lipinski definition) is 4. The molecule has 2 aliphatic heterocycles. The van der Waals surface area contributed by atoms with Crippen LogP contribution in [0.4, 0.5) is 0 Å². The molecule has 2 saturated heterocycles. The fraction of sp³-hybridized carbons (Fsp3) is 1.00. The minimum absolute atomic E-state index is 0.0149. The van der Waals surface area contributed by atoms with Crippen LogP contribution in [-0.2, 0) is 9.47 Å². The molecule has 2 heterocycles. The normalized spacial score (nSPS) is 37.2. The van der Waals surface area contributed by atoms with Gasteiger partial charge in [-0.3, -0.25) is 4.90 Å². The molecule has 4 nitrogen and oxygen atoms in total. The van der Waals surface area contributed by atoms with Gasteiger partial charge < -0.3 is 14.6 Å². The van der Waals surface area contributed by atoms with Crippen LogP contribution in [0.3, 0.4) is 0 Å². The fourth-order valence-electron chi connectivity index (χ4n) is 3.87. The molecule has 1 spiro atoms. The maximum Gasteiger partial charge on any atom is 0.0932 e. The zero-order valence-corrected chi connectivity index (χ0v) is 11.1. The first-order valence-corrected chi connectivity index (χ1v) is 7.42. The third-order valence-electron chi connectivity index (χ3n) is 4.87. The quantitative estimate of drug-likeness (QED) is 0.804. The smallest absolute Gasteiger partial charge is 0.0932 e. The molecule has 1 saturated carbocycles. The highest BCUT2D eigenvalue weighted by atomic mass is 16.5. The molecule has 2 unspecified atom stereocenters. The molecule has 104 valence electrons. The molecule has 0 aromatic rings. The Balaban J connectivity index is 1.61. The van der Waals surface area contributed by atoms with E-state index in [1.165, 1.54) is 32.1 Å². The average molecular weight is 255 g/mol. The van der Waals surface area contributed by atoms with E-state index in [9.17, 15) is 5.11 Å². The molecule has 0 aromatic carbocycles. The van der Waals surface area contributed by atoms with Crippen molar-refractivity contribution >= 4 is 0 Å². The zero-order chi connectivity index (χ0) is 12.4. The lowest BCUT2D eigenvalue weighted by molar-refractivity contribution is -0.125. The van der Waals surface area contributed by atoms with E-state index in [2.05, 4.69) is 4.90 Å². The second kappa shape index (κ2) is 5.45. The summed E-state index contributed by atoms with van der Waals surface area (Å²) < 4.78 is 11.6. The van der Waals surface area contributed by atoms with E-state index in [1.54, 1.807) is 0 Å². The topological polar surface area (TPSA) is 41.9 Å². The van der Waals surface area contributed by atoms with Gasteiger partial charge in [0.25, 0.3) is 0 Å². The van der Waals surface area contributed by atoms with Crippen LogP contribution in [0.5, 0.6) is 0 Å². The van der Waals surface area contributed by atoms with Crippen molar-refractivity contribution in [2.24, 2.45) is 0 Å². The Morgan fingerprint density at radius 3 is 2.83 bits per heavy atom. The van der Waals surface area contributed by atoms with Gasteiger partial charge in [-0.05, 0) is 25.7 Å². The molecule has 3 aliphatic rings. The monoisotopic (exact) mass is 255 g/mol. The summed E-state index contributed by atoms with van der Waals surface area (Å²) in [5.41, 5.74) is 0.190. The van der Waals surface area contributed by atoms with Gasteiger partial charge >= 0.3 is 0 Å². The van der Waals surface area contributed by atoms with Crippen molar-refractivity contribution in [1.29, 1.82) is 0 Å². The molecule has 2 atom stereocenters. The number of rotatable bonds is 2.